The molecule has 0 heterocycles. The van der Waals surface area contributed by atoms with Crippen molar-refractivity contribution < 1.29 is 29.4 Å². The van der Waals surface area contributed by atoms with Crippen molar-refractivity contribution in [2.45, 2.75) is 77.2 Å². The van der Waals surface area contributed by atoms with E-state index < -0.39 is 54.0 Å². The van der Waals surface area contributed by atoms with Gasteiger partial charge in [0.25, 0.3) is 0 Å². The molecule has 0 aliphatic heterocycles. The predicted octanol–water partition coefficient (Wildman–Crippen LogP) is -2.65. The first-order chi connectivity index (χ1) is 14.8. The summed E-state index contributed by atoms with van der Waals surface area (Å²) < 4.78 is 0. The molecule has 0 fully saturated rings. The highest BCUT2D eigenvalue weighted by molar-refractivity contribution is 5.94. The summed E-state index contributed by atoms with van der Waals surface area (Å²) in [5, 5.41) is 26.0. The van der Waals surface area contributed by atoms with E-state index in [-0.39, 0.29) is 24.8 Å². The maximum Gasteiger partial charge on any atom is 0.325 e. The Morgan fingerprint density at radius 3 is 2.03 bits per heavy atom. The van der Waals surface area contributed by atoms with Crippen LogP contribution in [0.25, 0.3) is 0 Å². The molecule has 0 aromatic heterocycles. The van der Waals surface area contributed by atoms with Crippen molar-refractivity contribution in [1.29, 1.82) is 0 Å². The fraction of sp³-hybridized carbons (Fsp3) is 0.737. The number of amides is 3. The molecule has 0 saturated carbocycles. The third-order valence-electron chi connectivity index (χ3n) is 4.92. The SMILES string of the molecule is CCC(C)C(NC(=O)C(CCCN=C(N)N)NC(=O)C(N)C(C)O)C(=O)NC(C)C(=O)O. The topological polar surface area (TPSA) is 235 Å². The summed E-state index contributed by atoms with van der Waals surface area (Å²) in [5.74, 6) is -3.72. The highest BCUT2D eigenvalue weighted by Gasteiger charge is 2.32. The van der Waals surface area contributed by atoms with E-state index >= 15 is 0 Å². The highest BCUT2D eigenvalue weighted by Crippen LogP contribution is 2.10. The molecule has 0 radical (unpaired) electrons. The molecule has 6 atom stereocenters. The minimum atomic E-state index is -1.26. The van der Waals surface area contributed by atoms with E-state index in [2.05, 4.69) is 20.9 Å². The Labute approximate surface area is 187 Å². The summed E-state index contributed by atoms with van der Waals surface area (Å²) in [7, 11) is 0. The predicted molar refractivity (Wildman–Crippen MR) is 118 cm³/mol. The van der Waals surface area contributed by atoms with Gasteiger partial charge in [-0.2, -0.15) is 0 Å². The van der Waals surface area contributed by atoms with Gasteiger partial charge < -0.3 is 43.4 Å². The van der Waals surface area contributed by atoms with Crippen LogP contribution in [0.4, 0.5) is 0 Å². The Balaban J connectivity index is 5.50. The summed E-state index contributed by atoms with van der Waals surface area (Å²) >= 11 is 0. The van der Waals surface area contributed by atoms with Gasteiger partial charge in [-0.15, -0.1) is 0 Å². The van der Waals surface area contributed by atoms with Crippen LogP contribution in [0.1, 0.15) is 47.0 Å². The molecule has 0 aliphatic rings. The van der Waals surface area contributed by atoms with Gasteiger partial charge in [0.2, 0.25) is 17.7 Å². The second kappa shape index (κ2) is 14.2. The summed E-state index contributed by atoms with van der Waals surface area (Å²) in [6.45, 7) is 6.39. The molecule has 0 bridgehead atoms. The largest absolute Gasteiger partial charge is 0.480 e. The highest BCUT2D eigenvalue weighted by atomic mass is 16.4. The third kappa shape index (κ3) is 10.4. The van der Waals surface area contributed by atoms with E-state index in [0.29, 0.717) is 12.8 Å². The zero-order chi connectivity index (χ0) is 25.0. The van der Waals surface area contributed by atoms with Crippen molar-refractivity contribution in [2.24, 2.45) is 28.1 Å². The van der Waals surface area contributed by atoms with Crippen LogP contribution in [0.5, 0.6) is 0 Å². The molecule has 11 N–H and O–H groups in total. The van der Waals surface area contributed by atoms with Gasteiger partial charge in [0, 0.05) is 6.54 Å². The van der Waals surface area contributed by atoms with Crippen LogP contribution in [0.3, 0.4) is 0 Å². The lowest BCUT2D eigenvalue weighted by molar-refractivity contribution is -0.142. The van der Waals surface area contributed by atoms with Crippen LogP contribution in [0.15, 0.2) is 4.99 Å². The summed E-state index contributed by atoms with van der Waals surface area (Å²) in [6.07, 6.45) is -0.164. The smallest absolute Gasteiger partial charge is 0.325 e. The quantitative estimate of drug-likeness (QED) is 0.0768. The average Bonchev–Trinajstić information content (AvgIpc) is 2.71. The zero-order valence-corrected chi connectivity index (χ0v) is 19.0. The molecule has 0 saturated heterocycles. The number of guanidine groups is 1. The molecule has 13 nitrogen and oxygen atoms in total. The lowest BCUT2D eigenvalue weighted by atomic mass is 9.97. The number of aliphatic hydroxyl groups excluding tert-OH is 1. The number of carbonyl (C=O) groups is 4. The Morgan fingerprint density at radius 2 is 1.56 bits per heavy atom. The van der Waals surface area contributed by atoms with Gasteiger partial charge in [-0.05, 0) is 32.6 Å². The lowest BCUT2D eigenvalue weighted by Crippen LogP contribution is -2.59. The maximum absolute atomic E-state index is 12.9. The number of carbonyl (C=O) groups excluding carboxylic acids is 3. The van der Waals surface area contributed by atoms with E-state index in [1.807, 2.05) is 6.92 Å². The van der Waals surface area contributed by atoms with Gasteiger partial charge in [0.1, 0.15) is 24.2 Å². The van der Waals surface area contributed by atoms with Crippen LogP contribution >= 0.6 is 0 Å². The van der Waals surface area contributed by atoms with Crippen LogP contribution in [0, 0.1) is 5.92 Å². The Morgan fingerprint density at radius 1 is 0.969 bits per heavy atom. The van der Waals surface area contributed by atoms with Crippen molar-refractivity contribution in [1.82, 2.24) is 16.0 Å². The maximum atomic E-state index is 12.9. The molecular weight excluding hydrogens is 422 g/mol. The number of aliphatic carboxylic acids is 1. The van der Waals surface area contributed by atoms with Gasteiger partial charge in [0.15, 0.2) is 5.96 Å². The second-order valence-corrected chi connectivity index (χ2v) is 7.72. The van der Waals surface area contributed by atoms with Gasteiger partial charge in [-0.1, -0.05) is 20.3 Å². The van der Waals surface area contributed by atoms with E-state index in [0.717, 1.165) is 0 Å². The normalized spacial score (nSPS) is 16.4. The molecule has 0 spiro atoms. The number of rotatable bonds is 14. The summed E-state index contributed by atoms with van der Waals surface area (Å²) in [4.78, 5) is 52.7. The van der Waals surface area contributed by atoms with Crippen molar-refractivity contribution in [3.63, 3.8) is 0 Å². The minimum absolute atomic E-state index is 0.118. The van der Waals surface area contributed by atoms with Crippen molar-refractivity contribution in [3.8, 4) is 0 Å². The molecule has 0 rings (SSSR count). The molecule has 3 amide bonds. The first kappa shape index (κ1) is 29.1. The monoisotopic (exact) mass is 459 g/mol. The van der Waals surface area contributed by atoms with E-state index in [4.69, 9.17) is 22.3 Å². The molecule has 0 aromatic carbocycles. The molecule has 0 aliphatic carbocycles. The Bertz CT molecular complexity index is 681. The average molecular weight is 460 g/mol. The number of hydrogen-bond acceptors (Lipinski definition) is 7. The van der Waals surface area contributed by atoms with E-state index in [9.17, 15) is 24.3 Å². The first-order valence-electron chi connectivity index (χ1n) is 10.4. The summed E-state index contributed by atoms with van der Waals surface area (Å²) in [6, 6.07) is -4.52. The lowest BCUT2D eigenvalue weighted by Gasteiger charge is -2.28. The van der Waals surface area contributed by atoms with Crippen molar-refractivity contribution in [2.75, 3.05) is 6.54 Å². The van der Waals surface area contributed by atoms with E-state index in [1.165, 1.54) is 13.8 Å². The number of nitrogens with one attached hydrogen (secondary N) is 3. The van der Waals surface area contributed by atoms with Gasteiger partial charge in [-0.25, -0.2) is 0 Å². The number of carboxylic acid groups (broad SMARTS) is 1. The number of nitrogens with two attached hydrogens (primary N) is 3. The van der Waals surface area contributed by atoms with Crippen molar-refractivity contribution >= 4 is 29.7 Å². The standard InChI is InChI=1S/C19H37N7O6/c1-5-9(2)14(17(30)24-10(3)18(31)32)26-15(28)12(7-6-8-23-19(21)22)25-16(29)13(20)11(4)27/h9-14,27H,5-8,20H2,1-4H3,(H,24,30)(H,25,29)(H,26,28)(H,31,32)(H4,21,22,23). The van der Waals surface area contributed by atoms with Crippen LogP contribution in [0.2, 0.25) is 0 Å². The molecule has 32 heavy (non-hydrogen) atoms. The van der Waals surface area contributed by atoms with Gasteiger partial charge in [-0.3, -0.25) is 24.2 Å². The van der Waals surface area contributed by atoms with Crippen LogP contribution in [-0.4, -0.2) is 76.7 Å². The Kier molecular flexibility index (Phi) is 12.9. The fourth-order valence-corrected chi connectivity index (χ4v) is 2.58. The number of aliphatic imine (C=N–C) groups is 1. The van der Waals surface area contributed by atoms with Crippen LogP contribution in [-0.2, 0) is 19.2 Å². The molecule has 6 unspecified atom stereocenters. The second-order valence-electron chi connectivity index (χ2n) is 7.72. The first-order valence-corrected chi connectivity index (χ1v) is 10.4. The number of aliphatic hydroxyl groups is 1. The van der Waals surface area contributed by atoms with Gasteiger partial charge in [0.05, 0.1) is 6.10 Å². The molecule has 13 heteroatoms. The molecule has 184 valence electrons. The fourth-order valence-electron chi connectivity index (χ4n) is 2.58. The summed E-state index contributed by atoms with van der Waals surface area (Å²) in [5.41, 5.74) is 16.2. The number of hydrogen-bond donors (Lipinski definition) is 8. The number of nitrogens with zero attached hydrogens (tertiary/aromatic N) is 1. The van der Waals surface area contributed by atoms with Gasteiger partial charge >= 0.3 is 5.97 Å². The minimum Gasteiger partial charge on any atom is -0.480 e. The van der Waals surface area contributed by atoms with E-state index in [1.54, 1.807) is 6.92 Å². The third-order valence-corrected chi connectivity index (χ3v) is 4.92. The Hall–Kier alpha value is -2.93. The molecular formula is C19H37N7O6. The van der Waals surface area contributed by atoms with Crippen molar-refractivity contribution in [3.05, 3.63) is 0 Å². The van der Waals surface area contributed by atoms with Crippen LogP contribution < -0.4 is 33.2 Å². The number of carboxylic acids is 1. The molecule has 0 aromatic rings. The zero-order valence-electron chi connectivity index (χ0n) is 19.0.